The summed E-state index contributed by atoms with van der Waals surface area (Å²) in [5.74, 6) is -0.0970. The van der Waals surface area contributed by atoms with Gasteiger partial charge in [0.25, 0.3) is 0 Å². The number of hydrogen-bond acceptors (Lipinski definition) is 2. The Labute approximate surface area is 109 Å². The Morgan fingerprint density at radius 2 is 2.17 bits per heavy atom. The maximum Gasteiger partial charge on any atom is 0.146 e. The summed E-state index contributed by atoms with van der Waals surface area (Å²) in [4.78, 5) is 2.19. The maximum absolute atomic E-state index is 14.0. The third-order valence-corrected chi connectivity index (χ3v) is 3.50. The van der Waals surface area contributed by atoms with E-state index in [4.69, 9.17) is 0 Å². The Bertz CT molecular complexity index is 383. The first kappa shape index (κ1) is 13.3. The van der Waals surface area contributed by atoms with Crippen molar-refractivity contribution in [2.75, 3.05) is 18.0 Å². The van der Waals surface area contributed by atoms with Gasteiger partial charge in [-0.25, -0.2) is 4.39 Å². The molecule has 0 saturated carbocycles. The van der Waals surface area contributed by atoms with Crippen LogP contribution in [0.2, 0.25) is 0 Å². The van der Waals surface area contributed by atoms with E-state index < -0.39 is 0 Å². The van der Waals surface area contributed by atoms with Crippen molar-refractivity contribution in [3.05, 3.63) is 29.6 Å². The van der Waals surface area contributed by atoms with E-state index in [1.165, 1.54) is 6.42 Å². The second kappa shape index (κ2) is 5.70. The average Bonchev–Trinajstić information content (AvgIpc) is 2.28. The zero-order valence-electron chi connectivity index (χ0n) is 11.5. The van der Waals surface area contributed by atoms with E-state index in [0.29, 0.717) is 12.1 Å². The molecule has 0 aromatic heterocycles. The fourth-order valence-electron chi connectivity index (χ4n) is 2.81. The number of nitrogens with zero attached hydrogens (tertiary/aromatic N) is 1. The van der Waals surface area contributed by atoms with Gasteiger partial charge < -0.3 is 10.2 Å². The van der Waals surface area contributed by atoms with Crippen LogP contribution in [-0.4, -0.2) is 25.2 Å². The number of benzene rings is 1. The molecule has 0 aliphatic carbocycles. The molecule has 18 heavy (non-hydrogen) atoms. The van der Waals surface area contributed by atoms with Gasteiger partial charge in [-0.15, -0.1) is 0 Å². The summed E-state index contributed by atoms with van der Waals surface area (Å²) in [6, 6.07) is 6.27. The molecule has 0 amide bonds. The third-order valence-electron chi connectivity index (χ3n) is 3.50. The van der Waals surface area contributed by atoms with E-state index in [2.05, 4.69) is 24.1 Å². The molecule has 0 spiro atoms. The van der Waals surface area contributed by atoms with Gasteiger partial charge in [0.1, 0.15) is 5.82 Å². The summed E-state index contributed by atoms with van der Waals surface area (Å²) >= 11 is 0. The van der Waals surface area contributed by atoms with Gasteiger partial charge in [-0.1, -0.05) is 26.0 Å². The highest BCUT2D eigenvalue weighted by atomic mass is 19.1. The fraction of sp³-hybridized carbons (Fsp3) is 0.600. The lowest BCUT2D eigenvalue weighted by atomic mass is 10.0. The van der Waals surface area contributed by atoms with Crippen LogP contribution in [0.1, 0.15) is 32.3 Å². The Morgan fingerprint density at radius 1 is 1.39 bits per heavy atom. The van der Waals surface area contributed by atoms with Gasteiger partial charge in [-0.3, -0.25) is 0 Å². The quantitative estimate of drug-likeness (QED) is 0.886. The minimum atomic E-state index is -0.0970. The number of halogens is 1. The zero-order valence-corrected chi connectivity index (χ0v) is 11.5. The van der Waals surface area contributed by atoms with E-state index in [0.717, 1.165) is 30.8 Å². The van der Waals surface area contributed by atoms with Crippen LogP contribution >= 0.6 is 0 Å². The van der Waals surface area contributed by atoms with Crippen LogP contribution in [0.25, 0.3) is 0 Å². The molecular formula is C15H23FN2. The first-order valence-corrected chi connectivity index (χ1v) is 6.84. The summed E-state index contributed by atoms with van der Waals surface area (Å²) in [7, 11) is 0. The predicted octanol–water partition coefficient (Wildman–Crippen LogP) is 3.10. The molecule has 2 rings (SSSR count). The lowest BCUT2D eigenvalue weighted by Crippen LogP contribution is -2.48. The molecule has 1 aromatic rings. The molecule has 0 radical (unpaired) electrons. The second-order valence-corrected chi connectivity index (χ2v) is 5.51. The second-order valence-electron chi connectivity index (χ2n) is 5.51. The normalized spacial score (nSPS) is 20.5. The van der Waals surface area contributed by atoms with E-state index in [1.54, 1.807) is 12.1 Å². The zero-order chi connectivity index (χ0) is 13.1. The van der Waals surface area contributed by atoms with Gasteiger partial charge >= 0.3 is 0 Å². The average molecular weight is 250 g/mol. The summed E-state index contributed by atoms with van der Waals surface area (Å²) in [5.41, 5.74) is 1.81. The highest BCUT2D eigenvalue weighted by molar-refractivity contribution is 5.54. The minimum Gasteiger partial charge on any atom is -0.367 e. The first-order valence-electron chi connectivity index (χ1n) is 6.84. The van der Waals surface area contributed by atoms with Crippen LogP contribution in [-0.2, 0) is 0 Å². The Balaban J connectivity index is 2.13. The number of hydrogen-bond donors (Lipinski definition) is 1. The van der Waals surface area contributed by atoms with Crippen molar-refractivity contribution in [2.45, 2.75) is 45.7 Å². The van der Waals surface area contributed by atoms with Gasteiger partial charge in [0.2, 0.25) is 0 Å². The van der Waals surface area contributed by atoms with Crippen molar-refractivity contribution in [3.8, 4) is 0 Å². The van der Waals surface area contributed by atoms with E-state index >= 15 is 0 Å². The SMILES string of the molecule is Cc1cccc(F)c1N1CCCC(NC(C)C)C1. The van der Waals surface area contributed by atoms with Crippen LogP contribution in [0.15, 0.2) is 18.2 Å². The summed E-state index contributed by atoms with van der Waals surface area (Å²) < 4.78 is 14.0. The van der Waals surface area contributed by atoms with Crippen molar-refractivity contribution < 1.29 is 4.39 Å². The molecule has 1 heterocycles. The van der Waals surface area contributed by atoms with Gasteiger partial charge in [0, 0.05) is 25.2 Å². The molecule has 1 fully saturated rings. The molecule has 1 atom stereocenters. The summed E-state index contributed by atoms with van der Waals surface area (Å²) in [6.45, 7) is 8.16. The van der Waals surface area contributed by atoms with Gasteiger partial charge in [-0.05, 0) is 31.4 Å². The number of para-hydroxylation sites is 1. The number of aryl methyl sites for hydroxylation is 1. The van der Waals surface area contributed by atoms with Crippen molar-refractivity contribution in [1.29, 1.82) is 0 Å². The Morgan fingerprint density at radius 3 is 2.83 bits per heavy atom. The van der Waals surface area contributed by atoms with Crippen LogP contribution in [0.4, 0.5) is 10.1 Å². The summed E-state index contributed by atoms with van der Waals surface area (Å²) in [6.07, 6.45) is 2.31. The van der Waals surface area contributed by atoms with Crippen LogP contribution < -0.4 is 10.2 Å². The third kappa shape index (κ3) is 3.02. The standard InChI is InChI=1S/C15H23FN2/c1-11(2)17-13-7-5-9-18(10-13)15-12(3)6-4-8-14(15)16/h4,6,8,11,13,17H,5,7,9-10H2,1-3H3. The molecule has 1 unspecified atom stereocenters. The van der Waals surface area contributed by atoms with E-state index in [1.807, 2.05) is 13.0 Å². The van der Waals surface area contributed by atoms with Crippen LogP contribution in [0.3, 0.4) is 0 Å². The van der Waals surface area contributed by atoms with Crippen molar-refractivity contribution in [2.24, 2.45) is 0 Å². The van der Waals surface area contributed by atoms with Gasteiger partial charge in [-0.2, -0.15) is 0 Å². The minimum absolute atomic E-state index is 0.0970. The van der Waals surface area contributed by atoms with E-state index in [-0.39, 0.29) is 5.82 Å². The Kier molecular flexibility index (Phi) is 4.23. The lowest BCUT2D eigenvalue weighted by Gasteiger charge is -2.36. The topological polar surface area (TPSA) is 15.3 Å². The molecule has 1 aliphatic heterocycles. The number of rotatable bonds is 3. The molecule has 1 aromatic carbocycles. The van der Waals surface area contributed by atoms with E-state index in [9.17, 15) is 4.39 Å². The fourth-order valence-corrected chi connectivity index (χ4v) is 2.81. The lowest BCUT2D eigenvalue weighted by molar-refractivity contribution is 0.392. The van der Waals surface area contributed by atoms with Crippen LogP contribution in [0, 0.1) is 12.7 Å². The maximum atomic E-state index is 14.0. The molecule has 2 nitrogen and oxygen atoms in total. The number of anilines is 1. The monoisotopic (exact) mass is 250 g/mol. The van der Waals surface area contributed by atoms with Crippen LogP contribution in [0.5, 0.6) is 0 Å². The van der Waals surface area contributed by atoms with Gasteiger partial charge in [0.05, 0.1) is 5.69 Å². The largest absolute Gasteiger partial charge is 0.367 e. The van der Waals surface area contributed by atoms with Crippen molar-refractivity contribution >= 4 is 5.69 Å². The Hall–Kier alpha value is -1.09. The molecule has 0 bridgehead atoms. The number of nitrogens with one attached hydrogen (secondary N) is 1. The molecule has 3 heteroatoms. The van der Waals surface area contributed by atoms with Crippen molar-refractivity contribution in [3.63, 3.8) is 0 Å². The first-order chi connectivity index (χ1) is 8.58. The summed E-state index contributed by atoms with van der Waals surface area (Å²) in [5, 5.41) is 3.56. The highest BCUT2D eigenvalue weighted by Gasteiger charge is 2.23. The van der Waals surface area contributed by atoms with Crippen molar-refractivity contribution in [1.82, 2.24) is 5.32 Å². The molecular weight excluding hydrogens is 227 g/mol. The van der Waals surface area contributed by atoms with Gasteiger partial charge in [0.15, 0.2) is 0 Å². The predicted molar refractivity (Wildman–Crippen MR) is 74.6 cm³/mol. The number of piperidine rings is 1. The highest BCUT2D eigenvalue weighted by Crippen LogP contribution is 2.26. The molecule has 1 saturated heterocycles. The molecule has 100 valence electrons. The molecule has 1 aliphatic rings. The smallest absolute Gasteiger partial charge is 0.146 e. The molecule has 1 N–H and O–H groups in total.